The van der Waals surface area contributed by atoms with Crippen LogP contribution in [0.15, 0.2) is 12.2 Å². The summed E-state index contributed by atoms with van der Waals surface area (Å²) >= 11 is 0. The number of aliphatic hydroxyl groups excluding tert-OH is 1. The number of hydrogen-bond donors (Lipinski definition) is 2. The Labute approximate surface area is 107 Å². The van der Waals surface area contributed by atoms with Crippen molar-refractivity contribution in [2.24, 2.45) is 0 Å². The maximum absolute atomic E-state index is 9.12. The van der Waals surface area contributed by atoms with Gasteiger partial charge in [0.25, 0.3) is 0 Å². The molecule has 0 aromatic rings. The Morgan fingerprint density at radius 2 is 1.88 bits per heavy atom. The van der Waals surface area contributed by atoms with Gasteiger partial charge in [-0.25, -0.2) is 0 Å². The molecule has 0 aliphatic rings. The maximum Gasteiger partial charge on any atom is 0.0558 e. The zero-order valence-corrected chi connectivity index (χ0v) is 12.0. The van der Waals surface area contributed by atoms with Gasteiger partial charge in [-0.15, -0.1) is 0 Å². The van der Waals surface area contributed by atoms with Crippen molar-refractivity contribution in [2.75, 3.05) is 26.2 Å². The molecule has 0 saturated heterocycles. The normalized spacial score (nSPS) is 11.8. The fourth-order valence-electron chi connectivity index (χ4n) is 2.02. The summed E-state index contributed by atoms with van der Waals surface area (Å²) in [7, 11) is 0. The summed E-state index contributed by atoms with van der Waals surface area (Å²) < 4.78 is 0. The Morgan fingerprint density at radius 3 is 2.29 bits per heavy atom. The van der Waals surface area contributed by atoms with Gasteiger partial charge in [-0.3, -0.25) is 4.90 Å². The smallest absolute Gasteiger partial charge is 0.0558 e. The number of rotatable bonds is 10. The largest absolute Gasteiger partial charge is 0.395 e. The Bertz CT molecular complexity index is 200. The van der Waals surface area contributed by atoms with Gasteiger partial charge in [0.15, 0.2) is 0 Å². The zero-order chi connectivity index (χ0) is 13.3. The van der Waals surface area contributed by atoms with E-state index in [1.165, 1.54) is 5.57 Å². The molecule has 0 aliphatic heterocycles. The first kappa shape index (κ1) is 16.6. The van der Waals surface area contributed by atoms with Crippen molar-refractivity contribution in [3.05, 3.63) is 12.2 Å². The molecule has 0 atom stereocenters. The minimum absolute atomic E-state index is 0.224. The number of nitrogens with zero attached hydrogens (tertiary/aromatic N) is 1. The first-order valence-corrected chi connectivity index (χ1v) is 6.80. The summed E-state index contributed by atoms with van der Waals surface area (Å²) in [5.74, 6) is 0. The van der Waals surface area contributed by atoms with Gasteiger partial charge in [-0.2, -0.15) is 0 Å². The fourth-order valence-corrected chi connectivity index (χ4v) is 2.02. The lowest BCUT2D eigenvalue weighted by Gasteiger charge is -2.30. The number of hydrogen-bond acceptors (Lipinski definition) is 3. The zero-order valence-electron chi connectivity index (χ0n) is 12.0. The first-order valence-electron chi connectivity index (χ1n) is 6.80. The monoisotopic (exact) mass is 242 g/mol. The SMILES string of the molecule is C=C(CNC(C)C)CN(CCO)C(CC)CC. The summed E-state index contributed by atoms with van der Waals surface area (Å²) in [5, 5.41) is 12.5. The van der Waals surface area contributed by atoms with Crippen molar-refractivity contribution in [1.82, 2.24) is 10.2 Å². The van der Waals surface area contributed by atoms with E-state index in [0.29, 0.717) is 12.1 Å². The van der Waals surface area contributed by atoms with Gasteiger partial charge in [0.2, 0.25) is 0 Å². The van der Waals surface area contributed by atoms with Crippen LogP contribution in [0.2, 0.25) is 0 Å². The van der Waals surface area contributed by atoms with Gasteiger partial charge in [0, 0.05) is 31.7 Å². The minimum Gasteiger partial charge on any atom is -0.395 e. The van der Waals surface area contributed by atoms with Crippen LogP contribution in [0.5, 0.6) is 0 Å². The molecule has 0 aromatic heterocycles. The average molecular weight is 242 g/mol. The highest BCUT2D eigenvalue weighted by Crippen LogP contribution is 2.10. The molecular weight excluding hydrogens is 212 g/mol. The van der Waals surface area contributed by atoms with Crippen LogP contribution in [0, 0.1) is 0 Å². The Hall–Kier alpha value is -0.380. The lowest BCUT2D eigenvalue weighted by molar-refractivity contribution is 0.154. The molecule has 0 heterocycles. The van der Waals surface area contributed by atoms with E-state index in [4.69, 9.17) is 5.11 Å². The predicted molar refractivity (Wildman–Crippen MR) is 75.3 cm³/mol. The molecule has 102 valence electrons. The molecule has 3 nitrogen and oxygen atoms in total. The molecule has 0 unspecified atom stereocenters. The van der Waals surface area contributed by atoms with Crippen molar-refractivity contribution in [3.8, 4) is 0 Å². The molecule has 0 saturated carbocycles. The van der Waals surface area contributed by atoms with Gasteiger partial charge in [0.1, 0.15) is 0 Å². The summed E-state index contributed by atoms with van der Waals surface area (Å²) in [5.41, 5.74) is 1.19. The van der Waals surface area contributed by atoms with Crippen molar-refractivity contribution in [1.29, 1.82) is 0 Å². The third-order valence-corrected chi connectivity index (χ3v) is 3.03. The molecule has 0 bridgehead atoms. The quantitative estimate of drug-likeness (QED) is 0.575. The summed E-state index contributed by atoms with van der Waals surface area (Å²) in [6.07, 6.45) is 2.25. The van der Waals surface area contributed by atoms with E-state index in [-0.39, 0.29) is 6.61 Å². The van der Waals surface area contributed by atoms with Crippen LogP contribution in [0.4, 0.5) is 0 Å². The van der Waals surface area contributed by atoms with Gasteiger partial charge in [0.05, 0.1) is 6.61 Å². The Morgan fingerprint density at radius 1 is 1.29 bits per heavy atom. The standard InChI is InChI=1S/C14H30N2O/c1-6-14(7-2)16(8-9-17)11-13(5)10-15-12(3)4/h12,14-15,17H,5-11H2,1-4H3. The third kappa shape index (κ3) is 7.53. The van der Waals surface area contributed by atoms with Gasteiger partial charge in [-0.1, -0.05) is 34.3 Å². The van der Waals surface area contributed by atoms with Crippen molar-refractivity contribution in [3.63, 3.8) is 0 Å². The third-order valence-electron chi connectivity index (χ3n) is 3.03. The molecule has 0 fully saturated rings. The van der Waals surface area contributed by atoms with Crippen LogP contribution in [0.3, 0.4) is 0 Å². The topological polar surface area (TPSA) is 35.5 Å². The summed E-state index contributed by atoms with van der Waals surface area (Å²) in [6, 6.07) is 1.05. The van der Waals surface area contributed by atoms with E-state index in [0.717, 1.165) is 32.5 Å². The molecule has 0 rings (SSSR count). The van der Waals surface area contributed by atoms with E-state index >= 15 is 0 Å². The van der Waals surface area contributed by atoms with Crippen LogP contribution in [0.1, 0.15) is 40.5 Å². The van der Waals surface area contributed by atoms with E-state index in [1.54, 1.807) is 0 Å². The van der Waals surface area contributed by atoms with E-state index in [9.17, 15) is 0 Å². The highest BCUT2D eigenvalue weighted by atomic mass is 16.3. The van der Waals surface area contributed by atoms with Crippen molar-refractivity contribution in [2.45, 2.75) is 52.6 Å². The molecule has 3 heteroatoms. The number of aliphatic hydroxyl groups is 1. The fraction of sp³-hybridized carbons (Fsp3) is 0.857. The van der Waals surface area contributed by atoms with Gasteiger partial charge < -0.3 is 10.4 Å². The lowest BCUT2D eigenvalue weighted by atomic mass is 10.1. The molecule has 0 amide bonds. The van der Waals surface area contributed by atoms with Crippen molar-refractivity contribution < 1.29 is 5.11 Å². The van der Waals surface area contributed by atoms with E-state index in [2.05, 4.69) is 44.5 Å². The van der Waals surface area contributed by atoms with Crippen LogP contribution < -0.4 is 5.32 Å². The second-order valence-corrected chi connectivity index (χ2v) is 4.95. The van der Waals surface area contributed by atoms with E-state index < -0.39 is 0 Å². The second kappa shape index (κ2) is 9.63. The van der Waals surface area contributed by atoms with Gasteiger partial charge >= 0.3 is 0 Å². The van der Waals surface area contributed by atoms with Crippen molar-refractivity contribution >= 4 is 0 Å². The summed E-state index contributed by atoms with van der Waals surface area (Å²) in [4.78, 5) is 2.34. The van der Waals surface area contributed by atoms with Crippen LogP contribution in [-0.4, -0.2) is 48.3 Å². The van der Waals surface area contributed by atoms with Gasteiger partial charge in [-0.05, 0) is 18.4 Å². The molecule has 0 radical (unpaired) electrons. The Balaban J connectivity index is 4.18. The summed E-state index contributed by atoms with van der Waals surface area (Å²) in [6.45, 7) is 15.5. The van der Waals surface area contributed by atoms with Crippen LogP contribution in [-0.2, 0) is 0 Å². The van der Waals surface area contributed by atoms with Crippen LogP contribution >= 0.6 is 0 Å². The highest BCUT2D eigenvalue weighted by molar-refractivity contribution is 5.01. The first-order chi connectivity index (χ1) is 8.04. The molecule has 2 N–H and O–H groups in total. The minimum atomic E-state index is 0.224. The maximum atomic E-state index is 9.12. The number of nitrogens with one attached hydrogen (secondary N) is 1. The molecule has 0 aliphatic carbocycles. The average Bonchev–Trinajstić information content (AvgIpc) is 2.28. The Kier molecular flexibility index (Phi) is 9.41. The second-order valence-electron chi connectivity index (χ2n) is 4.95. The molecular formula is C14H30N2O. The molecule has 0 spiro atoms. The van der Waals surface area contributed by atoms with E-state index in [1.807, 2.05) is 0 Å². The highest BCUT2D eigenvalue weighted by Gasteiger charge is 2.15. The molecule has 0 aromatic carbocycles. The lowest BCUT2D eigenvalue weighted by Crippen LogP contribution is -2.39. The predicted octanol–water partition coefficient (Wildman–Crippen LogP) is 2.02. The van der Waals surface area contributed by atoms with Crippen LogP contribution in [0.25, 0.3) is 0 Å². The molecule has 17 heavy (non-hydrogen) atoms.